The summed E-state index contributed by atoms with van der Waals surface area (Å²) in [6, 6.07) is 0.602. The summed E-state index contributed by atoms with van der Waals surface area (Å²) in [6.07, 6.45) is 2.42. The first-order valence-corrected chi connectivity index (χ1v) is 5.57. The van der Waals surface area contributed by atoms with E-state index in [-0.39, 0.29) is 5.57 Å². The lowest BCUT2D eigenvalue weighted by Gasteiger charge is -2.08. The molecule has 0 aliphatic rings. The molecule has 0 aromatic heterocycles. The van der Waals surface area contributed by atoms with E-state index in [4.69, 9.17) is 10.4 Å². The quantitative estimate of drug-likeness (QED) is 0.178. The van der Waals surface area contributed by atoms with Gasteiger partial charge in [0.2, 0.25) is 6.41 Å². The predicted molar refractivity (Wildman–Crippen MR) is 65.6 cm³/mol. The Bertz CT molecular complexity index is 400. The first-order chi connectivity index (χ1) is 9.02. The van der Waals surface area contributed by atoms with Crippen LogP contribution in [-0.2, 0) is 14.4 Å². The van der Waals surface area contributed by atoms with Crippen molar-refractivity contribution in [3.05, 3.63) is 11.8 Å². The van der Waals surface area contributed by atoms with Crippen LogP contribution < -0.4 is 16.0 Å². The molecule has 0 spiro atoms. The van der Waals surface area contributed by atoms with Gasteiger partial charge in [-0.25, -0.2) is 0 Å². The SMILES string of the molecule is CC(NC(=O)/C(C#N)=C\NCCCNC=O)C(=O)O. The Morgan fingerprint density at radius 3 is 2.53 bits per heavy atom. The van der Waals surface area contributed by atoms with Gasteiger partial charge in [-0.2, -0.15) is 5.26 Å². The van der Waals surface area contributed by atoms with E-state index in [2.05, 4.69) is 16.0 Å². The molecule has 8 nitrogen and oxygen atoms in total. The zero-order valence-corrected chi connectivity index (χ0v) is 10.5. The van der Waals surface area contributed by atoms with Crippen molar-refractivity contribution in [3.63, 3.8) is 0 Å². The molecule has 0 bridgehead atoms. The molecule has 4 N–H and O–H groups in total. The highest BCUT2D eigenvalue weighted by molar-refractivity contribution is 5.99. The van der Waals surface area contributed by atoms with Crippen LogP contribution in [0, 0.1) is 11.3 Å². The zero-order chi connectivity index (χ0) is 14.7. The van der Waals surface area contributed by atoms with Crippen molar-refractivity contribution in [1.82, 2.24) is 16.0 Å². The number of nitriles is 1. The molecular formula is C11H16N4O4. The minimum Gasteiger partial charge on any atom is -0.480 e. The van der Waals surface area contributed by atoms with Crippen LogP contribution in [0.4, 0.5) is 0 Å². The van der Waals surface area contributed by atoms with Crippen molar-refractivity contribution in [2.45, 2.75) is 19.4 Å². The van der Waals surface area contributed by atoms with Crippen LogP contribution in [0.2, 0.25) is 0 Å². The third-order valence-electron chi connectivity index (χ3n) is 2.06. The third kappa shape index (κ3) is 7.38. The maximum atomic E-state index is 11.5. The molecular weight excluding hydrogens is 252 g/mol. The van der Waals surface area contributed by atoms with Crippen LogP contribution in [0.5, 0.6) is 0 Å². The van der Waals surface area contributed by atoms with E-state index in [1.807, 2.05) is 0 Å². The zero-order valence-electron chi connectivity index (χ0n) is 10.5. The van der Waals surface area contributed by atoms with Gasteiger partial charge >= 0.3 is 5.97 Å². The van der Waals surface area contributed by atoms with Crippen molar-refractivity contribution in [2.24, 2.45) is 0 Å². The van der Waals surface area contributed by atoms with Gasteiger partial charge in [0, 0.05) is 19.3 Å². The smallest absolute Gasteiger partial charge is 0.325 e. The molecule has 19 heavy (non-hydrogen) atoms. The van der Waals surface area contributed by atoms with Crippen LogP contribution in [0.25, 0.3) is 0 Å². The Balaban J connectivity index is 4.18. The van der Waals surface area contributed by atoms with Gasteiger partial charge in [0.25, 0.3) is 5.91 Å². The van der Waals surface area contributed by atoms with Crippen LogP contribution in [0.3, 0.4) is 0 Å². The number of rotatable bonds is 9. The average molecular weight is 268 g/mol. The molecule has 2 amide bonds. The van der Waals surface area contributed by atoms with Gasteiger partial charge in [-0.3, -0.25) is 14.4 Å². The summed E-state index contributed by atoms with van der Waals surface area (Å²) in [6.45, 7) is 2.25. The molecule has 1 unspecified atom stereocenters. The highest BCUT2D eigenvalue weighted by Crippen LogP contribution is 1.93. The predicted octanol–water partition coefficient (Wildman–Crippen LogP) is -1.29. The van der Waals surface area contributed by atoms with Crippen LogP contribution in [-0.4, -0.2) is 42.5 Å². The Labute approximate surface area is 110 Å². The van der Waals surface area contributed by atoms with E-state index < -0.39 is 17.9 Å². The van der Waals surface area contributed by atoms with E-state index in [0.29, 0.717) is 25.9 Å². The van der Waals surface area contributed by atoms with Gasteiger partial charge in [0.15, 0.2) is 0 Å². The number of carbonyl (C=O) groups excluding carboxylic acids is 2. The fraction of sp³-hybridized carbons (Fsp3) is 0.455. The molecule has 0 saturated carbocycles. The second kappa shape index (κ2) is 9.47. The summed E-state index contributed by atoms with van der Waals surface area (Å²) in [5, 5.41) is 24.7. The van der Waals surface area contributed by atoms with E-state index >= 15 is 0 Å². The van der Waals surface area contributed by atoms with Crippen molar-refractivity contribution in [3.8, 4) is 6.07 Å². The molecule has 0 rings (SSSR count). The minimum absolute atomic E-state index is 0.212. The molecule has 0 heterocycles. The molecule has 1 atom stereocenters. The number of amides is 2. The standard InChI is InChI=1S/C11H16N4O4/c1-8(11(18)19)15-10(17)9(5-12)6-13-3-2-4-14-7-16/h6-8,13H,2-4H2,1H3,(H,14,16)(H,15,17)(H,18,19)/b9-6-. The monoisotopic (exact) mass is 268 g/mol. The molecule has 0 fully saturated rings. The highest BCUT2D eigenvalue weighted by Gasteiger charge is 2.16. The Kier molecular flexibility index (Phi) is 8.19. The summed E-state index contributed by atoms with van der Waals surface area (Å²) in [5.41, 5.74) is -0.212. The van der Waals surface area contributed by atoms with Gasteiger partial charge in [-0.15, -0.1) is 0 Å². The van der Waals surface area contributed by atoms with Crippen LogP contribution in [0.1, 0.15) is 13.3 Å². The molecule has 0 saturated heterocycles. The van der Waals surface area contributed by atoms with E-state index in [0.717, 1.165) is 0 Å². The van der Waals surface area contributed by atoms with E-state index in [9.17, 15) is 14.4 Å². The van der Waals surface area contributed by atoms with E-state index in [1.165, 1.54) is 13.1 Å². The first kappa shape index (κ1) is 16.4. The van der Waals surface area contributed by atoms with Crippen molar-refractivity contribution < 1.29 is 19.5 Å². The highest BCUT2D eigenvalue weighted by atomic mass is 16.4. The summed E-state index contributed by atoms with van der Waals surface area (Å²) >= 11 is 0. The number of aliphatic carboxylic acids is 1. The number of carboxylic acids is 1. The molecule has 0 aromatic rings. The maximum Gasteiger partial charge on any atom is 0.325 e. The summed E-state index contributed by atoms with van der Waals surface area (Å²) < 4.78 is 0. The third-order valence-corrected chi connectivity index (χ3v) is 2.06. The van der Waals surface area contributed by atoms with Crippen molar-refractivity contribution in [2.75, 3.05) is 13.1 Å². The van der Waals surface area contributed by atoms with Gasteiger partial charge in [-0.1, -0.05) is 0 Å². The first-order valence-electron chi connectivity index (χ1n) is 5.57. The Hall–Kier alpha value is -2.56. The molecule has 8 heteroatoms. The van der Waals surface area contributed by atoms with Crippen molar-refractivity contribution in [1.29, 1.82) is 5.26 Å². The lowest BCUT2D eigenvalue weighted by Crippen LogP contribution is -2.39. The lowest BCUT2D eigenvalue weighted by molar-refractivity contribution is -0.140. The topological polar surface area (TPSA) is 131 Å². The summed E-state index contributed by atoms with van der Waals surface area (Å²) in [7, 11) is 0. The lowest BCUT2D eigenvalue weighted by atomic mass is 10.2. The number of nitrogens with zero attached hydrogens (tertiary/aromatic N) is 1. The summed E-state index contributed by atoms with van der Waals surface area (Å²) in [4.78, 5) is 32.0. The second-order valence-corrected chi connectivity index (χ2v) is 3.58. The van der Waals surface area contributed by atoms with Crippen molar-refractivity contribution >= 4 is 18.3 Å². The minimum atomic E-state index is -1.18. The molecule has 104 valence electrons. The normalized spacial score (nSPS) is 11.9. The largest absolute Gasteiger partial charge is 0.480 e. The number of carboxylic acid groups (broad SMARTS) is 1. The second-order valence-electron chi connectivity index (χ2n) is 3.58. The fourth-order valence-corrected chi connectivity index (χ4v) is 1.01. The number of carbonyl (C=O) groups is 3. The average Bonchev–Trinajstić information content (AvgIpc) is 2.37. The molecule has 0 radical (unpaired) electrons. The number of nitrogens with one attached hydrogen (secondary N) is 3. The van der Waals surface area contributed by atoms with Gasteiger partial charge < -0.3 is 21.1 Å². The summed E-state index contributed by atoms with van der Waals surface area (Å²) in [5.74, 6) is -1.94. The van der Waals surface area contributed by atoms with Gasteiger partial charge in [0.05, 0.1) is 0 Å². The molecule has 0 aliphatic heterocycles. The Morgan fingerprint density at radius 1 is 1.37 bits per heavy atom. The molecule has 0 aliphatic carbocycles. The number of hydrogen-bond donors (Lipinski definition) is 4. The Morgan fingerprint density at radius 2 is 2.00 bits per heavy atom. The number of hydrogen-bond acceptors (Lipinski definition) is 5. The maximum absolute atomic E-state index is 11.5. The van der Waals surface area contributed by atoms with Gasteiger partial charge in [-0.05, 0) is 13.3 Å². The van der Waals surface area contributed by atoms with Crippen LogP contribution in [0.15, 0.2) is 11.8 Å². The van der Waals surface area contributed by atoms with Crippen LogP contribution >= 0.6 is 0 Å². The molecule has 0 aromatic carbocycles. The van der Waals surface area contributed by atoms with E-state index in [1.54, 1.807) is 6.07 Å². The fourth-order valence-electron chi connectivity index (χ4n) is 1.01. The van der Waals surface area contributed by atoms with Gasteiger partial charge in [0.1, 0.15) is 17.7 Å².